The summed E-state index contributed by atoms with van der Waals surface area (Å²) in [6.07, 6.45) is 8.29. The quantitative estimate of drug-likeness (QED) is 0.264. The van der Waals surface area contributed by atoms with Gasteiger partial charge in [-0.2, -0.15) is 0 Å². The second-order valence-corrected chi connectivity index (χ2v) is 7.54. The molecule has 1 aromatic carbocycles. The van der Waals surface area contributed by atoms with Crippen LogP contribution in [0.3, 0.4) is 0 Å². The number of rotatable bonds is 14. The van der Waals surface area contributed by atoms with Gasteiger partial charge in [0.1, 0.15) is 11.5 Å². The molecule has 0 aliphatic carbocycles. The number of unbranched alkanes of at least 4 members (excludes halogenated alkanes) is 4. The highest BCUT2D eigenvalue weighted by Gasteiger charge is 2.11. The van der Waals surface area contributed by atoms with Crippen LogP contribution in [0.25, 0.3) is 0 Å². The van der Waals surface area contributed by atoms with Gasteiger partial charge in [0.15, 0.2) is 0 Å². The van der Waals surface area contributed by atoms with Gasteiger partial charge >= 0.3 is 0 Å². The average Bonchev–Trinajstić information content (AvgIpc) is 2.73. The molecule has 170 valence electrons. The largest absolute Gasteiger partial charge is 0.545 e. The minimum atomic E-state index is -1.55. The summed E-state index contributed by atoms with van der Waals surface area (Å²) in [5, 5.41) is 22.0. The van der Waals surface area contributed by atoms with Crippen LogP contribution in [0.2, 0.25) is 0 Å². The molecule has 0 spiro atoms. The molecule has 1 rings (SSSR count). The zero-order valence-electron chi connectivity index (χ0n) is 18.3. The molecule has 1 N–H and O–H groups in total. The first kappa shape index (κ1) is 27.8. The number of ether oxygens (including phenoxy) is 2. The molecule has 1 aromatic rings. The number of carbonyl (C=O) groups excluding carboxylic acids is 2. The standard InChI is InChI=1S/C18H31NO2S.C4H4O4/c1-5-6-7-8-9-12-22-18-14-16(20-3)15(10-11-19-2)13-17(18)21-4;5-3(6)1-2-4(7)8/h13-14,19H,5-12H2,1-4H3;1-2H,(H,5,6)(H,7,8)/p-2/b;2-1-. The van der Waals surface area contributed by atoms with Gasteiger partial charge in [-0.25, -0.2) is 0 Å². The number of carboxylic acid groups (broad SMARTS) is 2. The Morgan fingerprint density at radius 1 is 1.00 bits per heavy atom. The summed E-state index contributed by atoms with van der Waals surface area (Å²) in [4.78, 5) is 20.0. The first-order valence-electron chi connectivity index (χ1n) is 10.0. The molecule has 0 saturated carbocycles. The number of carboxylic acids is 2. The van der Waals surface area contributed by atoms with Crippen molar-refractivity contribution in [2.24, 2.45) is 0 Å². The Bertz CT molecular complexity index is 647. The summed E-state index contributed by atoms with van der Waals surface area (Å²) in [7, 11) is 5.45. The van der Waals surface area contributed by atoms with Crippen molar-refractivity contribution >= 4 is 23.7 Å². The normalized spacial score (nSPS) is 10.4. The van der Waals surface area contributed by atoms with Crippen molar-refractivity contribution in [3.63, 3.8) is 0 Å². The summed E-state index contributed by atoms with van der Waals surface area (Å²) in [5.74, 6) is -0.0302. The summed E-state index contributed by atoms with van der Waals surface area (Å²) in [5.41, 5.74) is 1.20. The summed E-state index contributed by atoms with van der Waals surface area (Å²) >= 11 is 1.87. The smallest absolute Gasteiger partial charge is 0.132 e. The van der Waals surface area contributed by atoms with E-state index in [2.05, 4.69) is 24.4 Å². The van der Waals surface area contributed by atoms with Gasteiger partial charge in [0.2, 0.25) is 0 Å². The molecule has 8 heteroatoms. The molecular weight excluding hydrogens is 406 g/mol. The number of hydrogen-bond acceptors (Lipinski definition) is 8. The average molecular weight is 440 g/mol. The zero-order valence-corrected chi connectivity index (χ0v) is 19.1. The fourth-order valence-corrected chi connectivity index (χ4v) is 3.57. The second-order valence-electron chi connectivity index (χ2n) is 6.40. The summed E-state index contributed by atoms with van der Waals surface area (Å²) < 4.78 is 11.1. The molecule has 0 unspecified atom stereocenters. The van der Waals surface area contributed by atoms with Crippen molar-refractivity contribution in [1.29, 1.82) is 0 Å². The lowest BCUT2D eigenvalue weighted by Crippen LogP contribution is -2.23. The van der Waals surface area contributed by atoms with Crippen molar-refractivity contribution in [3.8, 4) is 11.5 Å². The van der Waals surface area contributed by atoms with Crippen LogP contribution in [-0.4, -0.2) is 45.5 Å². The molecule has 0 aliphatic heterocycles. The van der Waals surface area contributed by atoms with Crippen molar-refractivity contribution in [2.75, 3.05) is 33.6 Å². The van der Waals surface area contributed by atoms with Gasteiger partial charge in [0, 0.05) is 0 Å². The van der Waals surface area contributed by atoms with E-state index in [1.807, 2.05) is 18.8 Å². The van der Waals surface area contributed by atoms with E-state index in [1.54, 1.807) is 14.2 Å². The minimum Gasteiger partial charge on any atom is -0.545 e. The number of methoxy groups -OCH3 is 2. The number of likely N-dealkylation sites (N-methyl/N-ethyl adjacent to an activating group) is 1. The van der Waals surface area contributed by atoms with Crippen LogP contribution in [0.1, 0.15) is 44.6 Å². The van der Waals surface area contributed by atoms with Crippen LogP contribution < -0.4 is 25.0 Å². The maximum Gasteiger partial charge on any atom is 0.132 e. The SMILES string of the molecule is CCCCCCCSc1cc(OC)c(CCNC)cc1OC.O=C([O-])/C=C\C(=O)[O-]. The molecule has 0 atom stereocenters. The molecule has 7 nitrogen and oxygen atoms in total. The molecule has 0 radical (unpaired) electrons. The molecule has 0 bridgehead atoms. The lowest BCUT2D eigenvalue weighted by molar-refractivity contribution is -0.301. The predicted molar refractivity (Wildman–Crippen MR) is 116 cm³/mol. The van der Waals surface area contributed by atoms with Crippen LogP contribution >= 0.6 is 11.8 Å². The fourth-order valence-electron chi connectivity index (χ4n) is 2.52. The molecule has 30 heavy (non-hydrogen) atoms. The Morgan fingerprint density at radius 2 is 1.60 bits per heavy atom. The van der Waals surface area contributed by atoms with Crippen molar-refractivity contribution in [1.82, 2.24) is 5.32 Å². The van der Waals surface area contributed by atoms with Gasteiger partial charge in [0.05, 0.1) is 31.1 Å². The van der Waals surface area contributed by atoms with Crippen molar-refractivity contribution in [2.45, 2.75) is 50.3 Å². The number of thioether (sulfide) groups is 1. The van der Waals surface area contributed by atoms with Crippen LogP contribution in [0.15, 0.2) is 29.2 Å². The maximum atomic E-state index is 9.41. The van der Waals surface area contributed by atoms with E-state index in [0.717, 1.165) is 30.2 Å². The Hall–Kier alpha value is -2.19. The summed E-state index contributed by atoms with van der Waals surface area (Å²) in [6, 6.07) is 4.25. The second kappa shape index (κ2) is 17.7. The van der Waals surface area contributed by atoms with E-state index >= 15 is 0 Å². The van der Waals surface area contributed by atoms with E-state index < -0.39 is 11.9 Å². The van der Waals surface area contributed by atoms with Crippen LogP contribution in [0, 0.1) is 0 Å². The first-order chi connectivity index (χ1) is 14.4. The van der Waals surface area contributed by atoms with Crippen LogP contribution in [-0.2, 0) is 16.0 Å². The number of hydrogen-bond donors (Lipinski definition) is 1. The fraction of sp³-hybridized carbons (Fsp3) is 0.545. The van der Waals surface area contributed by atoms with E-state index in [4.69, 9.17) is 9.47 Å². The van der Waals surface area contributed by atoms with Gasteiger partial charge in [-0.3, -0.25) is 0 Å². The first-order valence-corrected chi connectivity index (χ1v) is 11.0. The maximum absolute atomic E-state index is 9.41. The zero-order chi connectivity index (χ0) is 22.8. The lowest BCUT2D eigenvalue weighted by Gasteiger charge is -2.14. The molecule has 0 amide bonds. The monoisotopic (exact) mass is 439 g/mol. The number of benzene rings is 1. The van der Waals surface area contributed by atoms with Crippen LogP contribution in [0.5, 0.6) is 11.5 Å². The Morgan fingerprint density at radius 3 is 2.10 bits per heavy atom. The number of nitrogens with one attached hydrogen (secondary N) is 1. The van der Waals surface area contributed by atoms with Gasteiger partial charge in [-0.15, -0.1) is 11.8 Å². The van der Waals surface area contributed by atoms with E-state index in [9.17, 15) is 19.8 Å². The van der Waals surface area contributed by atoms with E-state index in [1.165, 1.54) is 42.6 Å². The lowest BCUT2D eigenvalue weighted by atomic mass is 10.1. The molecule has 0 fully saturated rings. The third-order valence-electron chi connectivity index (χ3n) is 4.07. The third-order valence-corrected chi connectivity index (χ3v) is 5.19. The van der Waals surface area contributed by atoms with Crippen LogP contribution in [0.4, 0.5) is 0 Å². The molecule has 0 aliphatic rings. The minimum absolute atomic E-state index is 0.384. The van der Waals surface area contributed by atoms with Gasteiger partial charge in [-0.1, -0.05) is 32.6 Å². The van der Waals surface area contributed by atoms with Gasteiger partial charge in [-0.05, 0) is 62.0 Å². The van der Waals surface area contributed by atoms with Crippen molar-refractivity contribution < 1.29 is 29.3 Å². The highest BCUT2D eigenvalue weighted by Crippen LogP contribution is 2.36. The molecule has 0 heterocycles. The van der Waals surface area contributed by atoms with Gasteiger partial charge < -0.3 is 34.6 Å². The molecular formula is C22H33NO6S-2. The third kappa shape index (κ3) is 13.1. The Balaban J connectivity index is 0.000000890. The summed E-state index contributed by atoms with van der Waals surface area (Å²) in [6.45, 7) is 3.19. The van der Waals surface area contributed by atoms with Gasteiger partial charge in [0.25, 0.3) is 0 Å². The van der Waals surface area contributed by atoms with E-state index in [0.29, 0.717) is 12.2 Å². The highest BCUT2D eigenvalue weighted by atomic mass is 32.2. The van der Waals surface area contributed by atoms with E-state index in [-0.39, 0.29) is 0 Å². The van der Waals surface area contributed by atoms with Crippen molar-refractivity contribution in [3.05, 3.63) is 29.8 Å². The topological polar surface area (TPSA) is 111 Å². The molecule has 0 aromatic heterocycles. The predicted octanol–water partition coefficient (Wildman–Crippen LogP) is 1.57. The molecule has 0 saturated heterocycles. The Kier molecular flexibility index (Phi) is 16.4. The number of carbonyl (C=O) groups is 2. The highest BCUT2D eigenvalue weighted by molar-refractivity contribution is 7.99. The number of aliphatic carboxylic acids is 2. The Labute approximate surface area is 183 Å².